The number of carbonyl (C=O) groups is 2. The van der Waals surface area contributed by atoms with Crippen LogP contribution in [0.1, 0.15) is 35.9 Å². The van der Waals surface area contributed by atoms with Crippen LogP contribution < -0.4 is 0 Å². The summed E-state index contributed by atoms with van der Waals surface area (Å²) >= 11 is 4.94. The molecule has 1 aliphatic heterocycles. The van der Waals surface area contributed by atoms with Crippen LogP contribution in [0.15, 0.2) is 35.0 Å². The summed E-state index contributed by atoms with van der Waals surface area (Å²) in [5.74, 6) is -1.62. The second-order valence-electron chi connectivity index (χ2n) is 6.62. The van der Waals surface area contributed by atoms with Crippen LogP contribution in [0.3, 0.4) is 0 Å². The number of hydrogen-bond donors (Lipinski definition) is 0. The Bertz CT molecular complexity index is 913. The first-order valence-corrected chi connectivity index (χ1v) is 9.43. The van der Waals surface area contributed by atoms with Crippen LogP contribution in [-0.4, -0.2) is 22.2 Å². The Kier molecular flexibility index (Phi) is 4.45. The Morgan fingerprint density at radius 1 is 1.28 bits per heavy atom. The van der Waals surface area contributed by atoms with Crippen molar-refractivity contribution in [3.05, 3.63) is 51.1 Å². The first-order chi connectivity index (χ1) is 11.6. The molecule has 2 heterocycles. The number of nitrogens with zero attached hydrogens (tertiary/aromatic N) is 1. The summed E-state index contributed by atoms with van der Waals surface area (Å²) in [5, 5.41) is 0.799. The fourth-order valence-electron chi connectivity index (χ4n) is 2.94. The van der Waals surface area contributed by atoms with Crippen molar-refractivity contribution in [2.45, 2.75) is 39.2 Å². The molecule has 1 unspecified atom stereocenters. The van der Waals surface area contributed by atoms with E-state index in [0.29, 0.717) is 5.69 Å². The Balaban J connectivity index is 2.09. The molecule has 0 spiro atoms. The summed E-state index contributed by atoms with van der Waals surface area (Å²) < 4.78 is 6.39. The molecule has 25 heavy (non-hydrogen) atoms. The number of ether oxygens (including phenoxy) is 1. The molecule has 1 aromatic heterocycles. The van der Waals surface area contributed by atoms with Crippen molar-refractivity contribution >= 4 is 38.8 Å². The molecule has 0 aliphatic carbocycles. The molecule has 4 nitrogen and oxygen atoms in total. The lowest BCUT2D eigenvalue weighted by Gasteiger charge is -2.34. The highest BCUT2D eigenvalue weighted by Gasteiger charge is 2.48. The van der Waals surface area contributed by atoms with Gasteiger partial charge in [-0.15, -0.1) is 11.3 Å². The summed E-state index contributed by atoms with van der Waals surface area (Å²) in [7, 11) is 0. The van der Waals surface area contributed by atoms with Gasteiger partial charge in [0.15, 0.2) is 17.1 Å². The normalized spacial score (nSPS) is 19.9. The average Bonchev–Trinajstić information content (AvgIpc) is 2.87. The average molecular weight is 420 g/mol. The van der Waals surface area contributed by atoms with Gasteiger partial charge in [0, 0.05) is 14.9 Å². The monoisotopic (exact) mass is 419 g/mol. The van der Waals surface area contributed by atoms with Gasteiger partial charge in [0.05, 0.1) is 5.69 Å². The maximum atomic E-state index is 12.8. The van der Waals surface area contributed by atoms with E-state index in [1.807, 2.05) is 32.0 Å². The third kappa shape index (κ3) is 3.09. The number of hydrogen-bond acceptors (Lipinski definition) is 5. The van der Waals surface area contributed by atoms with Gasteiger partial charge in [-0.25, -0.2) is 4.98 Å². The zero-order chi connectivity index (χ0) is 18.5. The van der Waals surface area contributed by atoms with Crippen LogP contribution in [0, 0.1) is 13.8 Å². The zero-order valence-electron chi connectivity index (χ0n) is 14.5. The summed E-state index contributed by atoms with van der Waals surface area (Å²) in [6.07, 6.45) is 0. The molecule has 1 atom stereocenters. The molecule has 0 radical (unpaired) electrons. The number of halogens is 1. The topological polar surface area (TPSA) is 56.3 Å². The van der Waals surface area contributed by atoms with Gasteiger partial charge in [0.2, 0.25) is 5.78 Å². The molecule has 0 bridgehead atoms. The number of Topliss-reactive ketones (excluding diaryl/α,β-unsaturated/α-hetero) is 2. The SMILES string of the molecule is C=C1OC(C)(C)C(=O)C(c2nc(-c3ccc(Br)cc3C)sc2C)C1=O. The van der Waals surface area contributed by atoms with Crippen LogP contribution >= 0.6 is 27.3 Å². The van der Waals surface area contributed by atoms with Gasteiger partial charge < -0.3 is 4.74 Å². The number of thiazole rings is 1. The van der Waals surface area contributed by atoms with Gasteiger partial charge in [-0.05, 0) is 45.4 Å². The quantitative estimate of drug-likeness (QED) is 0.521. The molecule has 1 fully saturated rings. The van der Waals surface area contributed by atoms with Crippen molar-refractivity contribution in [3.63, 3.8) is 0 Å². The maximum Gasteiger partial charge on any atom is 0.213 e. The molecule has 6 heteroatoms. The highest BCUT2D eigenvalue weighted by molar-refractivity contribution is 9.10. The number of ketones is 2. The minimum Gasteiger partial charge on any atom is -0.477 e. The molecule has 0 amide bonds. The zero-order valence-corrected chi connectivity index (χ0v) is 16.9. The number of allylic oxidation sites excluding steroid dienone is 1. The Morgan fingerprint density at radius 2 is 1.96 bits per heavy atom. The molecular weight excluding hydrogens is 402 g/mol. The third-order valence-corrected chi connectivity index (χ3v) is 5.81. The fraction of sp³-hybridized carbons (Fsp3) is 0.316. The summed E-state index contributed by atoms with van der Waals surface area (Å²) in [6.45, 7) is 10.9. The van der Waals surface area contributed by atoms with Crippen molar-refractivity contribution in [2.75, 3.05) is 0 Å². The standard InChI is InChI=1S/C19H18BrNO3S/c1-9-8-12(20)6-7-13(9)18-21-15(11(3)25-18)14-16(22)10(2)24-19(4,5)17(14)23/h6-8,14H,2H2,1,3-5H3. The molecule has 1 aliphatic rings. The van der Waals surface area contributed by atoms with Gasteiger partial charge in [-0.2, -0.15) is 0 Å². The van der Waals surface area contributed by atoms with Crippen molar-refractivity contribution in [3.8, 4) is 10.6 Å². The number of rotatable bonds is 2. The highest BCUT2D eigenvalue weighted by Crippen LogP contribution is 2.39. The number of aromatic nitrogens is 1. The molecule has 1 saturated heterocycles. The Labute approximate surface area is 159 Å². The largest absolute Gasteiger partial charge is 0.477 e. The van der Waals surface area contributed by atoms with Gasteiger partial charge in [0.1, 0.15) is 10.9 Å². The highest BCUT2D eigenvalue weighted by atomic mass is 79.9. The van der Waals surface area contributed by atoms with Crippen LogP contribution in [0.4, 0.5) is 0 Å². The van der Waals surface area contributed by atoms with Crippen molar-refractivity contribution in [1.29, 1.82) is 0 Å². The van der Waals surface area contributed by atoms with E-state index < -0.39 is 17.3 Å². The second-order valence-corrected chi connectivity index (χ2v) is 8.74. The molecule has 2 aromatic rings. The maximum absolute atomic E-state index is 12.8. The van der Waals surface area contributed by atoms with Gasteiger partial charge >= 0.3 is 0 Å². The van der Waals surface area contributed by atoms with E-state index in [4.69, 9.17) is 4.74 Å². The number of benzene rings is 1. The van der Waals surface area contributed by atoms with Crippen LogP contribution in [0.25, 0.3) is 10.6 Å². The van der Waals surface area contributed by atoms with Crippen molar-refractivity contribution in [1.82, 2.24) is 4.98 Å². The predicted molar refractivity (Wildman–Crippen MR) is 102 cm³/mol. The number of aryl methyl sites for hydroxylation is 2. The van der Waals surface area contributed by atoms with E-state index in [9.17, 15) is 9.59 Å². The van der Waals surface area contributed by atoms with E-state index in [-0.39, 0.29) is 11.5 Å². The van der Waals surface area contributed by atoms with E-state index in [0.717, 1.165) is 25.5 Å². The minimum absolute atomic E-state index is 0.0170. The first-order valence-electron chi connectivity index (χ1n) is 7.82. The molecule has 3 rings (SSSR count). The van der Waals surface area contributed by atoms with E-state index in [2.05, 4.69) is 27.5 Å². The molecular formula is C19H18BrNO3S. The third-order valence-electron chi connectivity index (χ3n) is 4.30. The van der Waals surface area contributed by atoms with Crippen LogP contribution in [0.2, 0.25) is 0 Å². The van der Waals surface area contributed by atoms with Crippen molar-refractivity contribution in [2.24, 2.45) is 0 Å². The van der Waals surface area contributed by atoms with E-state index in [1.54, 1.807) is 13.8 Å². The Hall–Kier alpha value is -1.79. The Morgan fingerprint density at radius 3 is 2.60 bits per heavy atom. The lowest BCUT2D eigenvalue weighted by molar-refractivity contribution is -0.150. The van der Waals surface area contributed by atoms with Crippen molar-refractivity contribution < 1.29 is 14.3 Å². The molecule has 0 saturated carbocycles. The second kappa shape index (κ2) is 6.18. The van der Waals surface area contributed by atoms with Crippen LogP contribution in [0.5, 0.6) is 0 Å². The van der Waals surface area contributed by atoms with Gasteiger partial charge in [-0.1, -0.05) is 28.6 Å². The van der Waals surface area contributed by atoms with Gasteiger partial charge in [0.25, 0.3) is 0 Å². The first kappa shape index (κ1) is 18.0. The smallest absolute Gasteiger partial charge is 0.213 e. The summed E-state index contributed by atoms with van der Waals surface area (Å²) in [6, 6.07) is 5.95. The fourth-order valence-corrected chi connectivity index (χ4v) is 4.46. The number of carbonyl (C=O) groups excluding carboxylic acids is 2. The minimum atomic E-state index is -1.08. The summed E-state index contributed by atoms with van der Waals surface area (Å²) in [4.78, 5) is 30.8. The van der Waals surface area contributed by atoms with Gasteiger partial charge in [-0.3, -0.25) is 9.59 Å². The van der Waals surface area contributed by atoms with E-state index >= 15 is 0 Å². The molecule has 1 aromatic carbocycles. The van der Waals surface area contributed by atoms with Crippen LogP contribution in [-0.2, 0) is 14.3 Å². The lowest BCUT2D eigenvalue weighted by atomic mass is 9.82. The molecule has 130 valence electrons. The molecule has 0 N–H and O–H groups in total. The lowest BCUT2D eigenvalue weighted by Crippen LogP contribution is -2.47. The predicted octanol–water partition coefficient (Wildman–Crippen LogP) is 4.73. The summed E-state index contributed by atoms with van der Waals surface area (Å²) in [5.41, 5.74) is 1.49. The van der Waals surface area contributed by atoms with E-state index in [1.165, 1.54) is 11.3 Å².